The third-order valence-electron chi connectivity index (χ3n) is 3.48. The van der Waals surface area contributed by atoms with Crippen molar-refractivity contribution in [2.75, 3.05) is 0 Å². The van der Waals surface area contributed by atoms with Gasteiger partial charge in [0.15, 0.2) is 0 Å². The van der Waals surface area contributed by atoms with Crippen molar-refractivity contribution in [1.82, 2.24) is 0 Å². The van der Waals surface area contributed by atoms with Crippen LogP contribution in [0.4, 0.5) is 0 Å². The fourth-order valence-corrected chi connectivity index (χ4v) is 1.48. The molecule has 86 valence electrons. The van der Waals surface area contributed by atoms with Crippen molar-refractivity contribution in [1.29, 1.82) is 0 Å². The minimum Gasteiger partial charge on any atom is -0.393 e. The van der Waals surface area contributed by atoms with Gasteiger partial charge in [-0.15, -0.1) is 0 Å². The molecule has 0 amide bonds. The Labute approximate surface area is 89.9 Å². The molecular formula is C13H28O. The van der Waals surface area contributed by atoms with Crippen LogP contribution in [-0.2, 0) is 0 Å². The lowest BCUT2D eigenvalue weighted by atomic mass is 9.83. The van der Waals surface area contributed by atoms with Crippen LogP contribution in [0.5, 0.6) is 0 Å². The average molecular weight is 200 g/mol. The fourth-order valence-electron chi connectivity index (χ4n) is 1.48. The molecule has 1 N–H and O–H groups in total. The van der Waals surface area contributed by atoms with Gasteiger partial charge in [-0.2, -0.15) is 0 Å². The lowest BCUT2D eigenvalue weighted by molar-refractivity contribution is 0.116. The predicted molar refractivity (Wildman–Crippen MR) is 63.4 cm³/mol. The molecule has 0 radical (unpaired) electrons. The van der Waals surface area contributed by atoms with Crippen LogP contribution >= 0.6 is 0 Å². The molecule has 0 rings (SSSR count). The monoisotopic (exact) mass is 200 g/mol. The summed E-state index contributed by atoms with van der Waals surface area (Å²) < 4.78 is 0. The quantitative estimate of drug-likeness (QED) is 0.658. The molecule has 0 bridgehead atoms. The van der Waals surface area contributed by atoms with E-state index in [1.807, 2.05) is 0 Å². The second kappa shape index (κ2) is 6.44. The Morgan fingerprint density at radius 1 is 1.21 bits per heavy atom. The molecule has 0 heterocycles. The van der Waals surface area contributed by atoms with Crippen molar-refractivity contribution in [3.05, 3.63) is 0 Å². The molecule has 2 unspecified atom stereocenters. The van der Waals surface area contributed by atoms with Gasteiger partial charge in [-0.3, -0.25) is 0 Å². The minimum absolute atomic E-state index is 0.0872. The van der Waals surface area contributed by atoms with Crippen molar-refractivity contribution < 1.29 is 5.11 Å². The Morgan fingerprint density at radius 3 is 2.21 bits per heavy atom. The van der Waals surface area contributed by atoms with E-state index in [0.717, 1.165) is 19.3 Å². The summed E-state index contributed by atoms with van der Waals surface area (Å²) in [5.41, 5.74) is 0.399. The first-order valence-corrected chi connectivity index (χ1v) is 6.09. The molecule has 0 aliphatic carbocycles. The zero-order valence-electron chi connectivity index (χ0n) is 10.6. The van der Waals surface area contributed by atoms with E-state index in [4.69, 9.17) is 0 Å². The van der Waals surface area contributed by atoms with Crippen molar-refractivity contribution in [2.45, 2.75) is 72.8 Å². The number of rotatable bonds is 7. The Balaban J connectivity index is 3.68. The number of hydrogen-bond acceptors (Lipinski definition) is 1. The van der Waals surface area contributed by atoms with Gasteiger partial charge in [-0.1, -0.05) is 47.5 Å². The van der Waals surface area contributed by atoms with Crippen molar-refractivity contribution in [3.63, 3.8) is 0 Å². The van der Waals surface area contributed by atoms with Crippen LogP contribution in [0.15, 0.2) is 0 Å². The van der Waals surface area contributed by atoms with Gasteiger partial charge in [0, 0.05) is 0 Å². The molecule has 14 heavy (non-hydrogen) atoms. The summed E-state index contributed by atoms with van der Waals surface area (Å²) in [5.74, 6) is 0.662. The highest BCUT2D eigenvalue weighted by Crippen LogP contribution is 2.27. The molecular weight excluding hydrogens is 172 g/mol. The highest BCUT2D eigenvalue weighted by Gasteiger charge is 2.17. The third kappa shape index (κ3) is 6.42. The molecule has 0 aliphatic rings. The maximum Gasteiger partial charge on any atom is 0.0543 e. The lowest BCUT2D eigenvalue weighted by Gasteiger charge is -2.24. The standard InChI is InChI=1S/C13H28O/c1-6-11(3)10-12(14)8-9-13(4,5)7-2/h11-12,14H,6-10H2,1-5H3. The van der Waals surface area contributed by atoms with Gasteiger partial charge in [0.25, 0.3) is 0 Å². The van der Waals surface area contributed by atoms with Crippen LogP contribution in [0.3, 0.4) is 0 Å². The average Bonchev–Trinajstić information content (AvgIpc) is 2.15. The van der Waals surface area contributed by atoms with Gasteiger partial charge in [0.1, 0.15) is 0 Å². The van der Waals surface area contributed by atoms with Crippen molar-refractivity contribution in [2.24, 2.45) is 11.3 Å². The van der Waals surface area contributed by atoms with Crippen LogP contribution in [0.2, 0.25) is 0 Å². The fraction of sp³-hybridized carbons (Fsp3) is 1.00. The van der Waals surface area contributed by atoms with E-state index in [9.17, 15) is 5.11 Å². The second-order valence-electron chi connectivity index (χ2n) is 5.46. The maximum absolute atomic E-state index is 9.81. The number of aliphatic hydroxyl groups is 1. The topological polar surface area (TPSA) is 20.2 Å². The van der Waals surface area contributed by atoms with E-state index >= 15 is 0 Å². The van der Waals surface area contributed by atoms with E-state index in [0.29, 0.717) is 11.3 Å². The summed E-state index contributed by atoms with van der Waals surface area (Å²) >= 11 is 0. The summed E-state index contributed by atoms with van der Waals surface area (Å²) in [6.45, 7) is 11.2. The number of hydrogen-bond donors (Lipinski definition) is 1. The largest absolute Gasteiger partial charge is 0.393 e. The van der Waals surface area contributed by atoms with E-state index in [1.54, 1.807) is 0 Å². The Kier molecular flexibility index (Phi) is 6.43. The molecule has 1 heteroatoms. The normalized spacial score (nSPS) is 16.7. The molecule has 2 atom stereocenters. The molecule has 0 aliphatic heterocycles. The molecule has 0 aromatic heterocycles. The van der Waals surface area contributed by atoms with E-state index in [-0.39, 0.29) is 6.10 Å². The van der Waals surface area contributed by atoms with Crippen LogP contribution < -0.4 is 0 Å². The van der Waals surface area contributed by atoms with E-state index < -0.39 is 0 Å². The van der Waals surface area contributed by atoms with Crippen LogP contribution in [0.1, 0.15) is 66.7 Å². The van der Waals surface area contributed by atoms with Gasteiger partial charge in [-0.25, -0.2) is 0 Å². The van der Waals surface area contributed by atoms with Gasteiger partial charge in [0.2, 0.25) is 0 Å². The first-order valence-electron chi connectivity index (χ1n) is 6.09. The summed E-state index contributed by atoms with van der Waals surface area (Å²) in [7, 11) is 0. The van der Waals surface area contributed by atoms with Crippen LogP contribution in [0.25, 0.3) is 0 Å². The summed E-state index contributed by atoms with van der Waals surface area (Å²) in [5, 5.41) is 9.81. The Hall–Kier alpha value is -0.0400. The summed E-state index contributed by atoms with van der Waals surface area (Å²) in [6, 6.07) is 0. The molecule has 0 saturated carbocycles. The zero-order chi connectivity index (χ0) is 11.2. The van der Waals surface area contributed by atoms with Crippen LogP contribution in [-0.4, -0.2) is 11.2 Å². The molecule has 0 fully saturated rings. The van der Waals surface area contributed by atoms with Crippen LogP contribution in [0, 0.1) is 11.3 Å². The second-order valence-corrected chi connectivity index (χ2v) is 5.46. The van der Waals surface area contributed by atoms with E-state index in [2.05, 4.69) is 34.6 Å². The lowest BCUT2D eigenvalue weighted by Crippen LogP contribution is -2.17. The molecule has 0 aromatic carbocycles. The number of aliphatic hydroxyl groups excluding tert-OH is 1. The first kappa shape index (κ1) is 14.0. The highest BCUT2D eigenvalue weighted by atomic mass is 16.3. The van der Waals surface area contributed by atoms with Crippen molar-refractivity contribution >= 4 is 0 Å². The van der Waals surface area contributed by atoms with Gasteiger partial charge >= 0.3 is 0 Å². The Morgan fingerprint density at radius 2 is 1.79 bits per heavy atom. The third-order valence-corrected chi connectivity index (χ3v) is 3.48. The molecule has 1 nitrogen and oxygen atoms in total. The zero-order valence-corrected chi connectivity index (χ0v) is 10.6. The summed E-state index contributed by atoms with van der Waals surface area (Å²) in [6.07, 6.45) is 5.36. The maximum atomic E-state index is 9.81. The highest BCUT2D eigenvalue weighted by molar-refractivity contribution is 4.70. The van der Waals surface area contributed by atoms with E-state index in [1.165, 1.54) is 12.8 Å². The molecule has 0 saturated heterocycles. The minimum atomic E-state index is -0.0872. The SMILES string of the molecule is CCC(C)CC(O)CCC(C)(C)CC. The molecule has 0 spiro atoms. The molecule has 0 aromatic rings. The first-order chi connectivity index (χ1) is 6.41. The van der Waals surface area contributed by atoms with Crippen molar-refractivity contribution in [3.8, 4) is 0 Å². The van der Waals surface area contributed by atoms with Gasteiger partial charge in [0.05, 0.1) is 6.10 Å². The van der Waals surface area contributed by atoms with Gasteiger partial charge < -0.3 is 5.11 Å². The predicted octanol–water partition coefficient (Wildman–Crippen LogP) is 4.00. The summed E-state index contributed by atoms with van der Waals surface area (Å²) in [4.78, 5) is 0. The smallest absolute Gasteiger partial charge is 0.0543 e. The van der Waals surface area contributed by atoms with Gasteiger partial charge in [-0.05, 0) is 30.6 Å². The Bertz CT molecular complexity index is 140.